The van der Waals surface area contributed by atoms with Crippen LogP contribution in [0.5, 0.6) is 11.5 Å². The molecule has 0 aliphatic rings. The molecule has 0 atom stereocenters. The van der Waals surface area contributed by atoms with Gasteiger partial charge in [0.1, 0.15) is 0 Å². The zero-order valence-electron chi connectivity index (χ0n) is 7.05. The van der Waals surface area contributed by atoms with Crippen molar-refractivity contribution in [3.05, 3.63) is 18.2 Å². The Morgan fingerprint density at radius 3 is 2.36 bits per heavy atom. The first-order valence-corrected chi connectivity index (χ1v) is 3.47. The van der Waals surface area contributed by atoms with Gasteiger partial charge in [0.2, 0.25) is 0 Å². The molecule has 0 amide bonds. The molecule has 3 heteroatoms. The zero-order chi connectivity index (χ0) is 8.27. The van der Waals surface area contributed by atoms with Gasteiger partial charge in [0.15, 0.2) is 0 Å². The fraction of sp³-hybridized carbons (Fsp3) is 0.250. The van der Waals surface area contributed by atoms with Crippen LogP contribution < -0.4 is 13.7 Å². The summed E-state index contributed by atoms with van der Waals surface area (Å²) in [4.78, 5) is 0. The summed E-state index contributed by atoms with van der Waals surface area (Å²) in [7, 11) is 3.28. The molecule has 0 saturated carbocycles. The standard InChI is InChI=1S/C8H9O2.Li/c1-9-7-5-3-4-6-8(7)10-2;/h3-5H,1-2H3;. The van der Waals surface area contributed by atoms with Gasteiger partial charge in [-0.25, -0.2) is 0 Å². The third kappa shape index (κ3) is 1.71. The van der Waals surface area contributed by atoms with Crippen molar-refractivity contribution in [2.24, 2.45) is 0 Å². The monoisotopic (exact) mass is 144 g/mol. The van der Waals surface area contributed by atoms with Crippen molar-refractivity contribution >= 4 is 22.0 Å². The molecule has 0 N–H and O–H groups in total. The van der Waals surface area contributed by atoms with Crippen molar-refractivity contribution in [1.29, 1.82) is 0 Å². The number of benzene rings is 1. The van der Waals surface area contributed by atoms with E-state index in [9.17, 15) is 0 Å². The average molecular weight is 144 g/mol. The minimum atomic E-state index is 0.785. The molecule has 0 fully saturated rings. The number of rotatable bonds is 2. The van der Waals surface area contributed by atoms with E-state index in [4.69, 9.17) is 9.47 Å². The summed E-state index contributed by atoms with van der Waals surface area (Å²) in [6, 6.07) is 5.81. The van der Waals surface area contributed by atoms with E-state index < -0.39 is 0 Å². The van der Waals surface area contributed by atoms with E-state index in [1.165, 1.54) is 0 Å². The third-order valence-corrected chi connectivity index (χ3v) is 1.60. The number of hydrogen-bond acceptors (Lipinski definition) is 2. The Kier molecular flexibility index (Phi) is 2.87. The van der Waals surface area contributed by atoms with Gasteiger partial charge >= 0.3 is 75.3 Å². The maximum atomic E-state index is 5.14. The average Bonchev–Trinajstić information content (AvgIpc) is 2.04. The molecule has 0 spiro atoms. The molecule has 0 saturated heterocycles. The molecular formula is C8H9LiO2. The first-order chi connectivity index (χ1) is 5.29. The van der Waals surface area contributed by atoms with E-state index in [2.05, 4.69) is 0 Å². The van der Waals surface area contributed by atoms with E-state index >= 15 is 0 Å². The molecule has 0 aliphatic carbocycles. The second kappa shape index (κ2) is 3.71. The molecule has 1 aromatic carbocycles. The van der Waals surface area contributed by atoms with Crippen molar-refractivity contribution in [3.63, 3.8) is 0 Å². The fourth-order valence-electron chi connectivity index (χ4n) is 1.05. The van der Waals surface area contributed by atoms with Crippen molar-refractivity contribution < 1.29 is 9.47 Å². The van der Waals surface area contributed by atoms with Gasteiger partial charge in [0, 0.05) is 0 Å². The van der Waals surface area contributed by atoms with E-state index in [1.54, 1.807) is 14.2 Å². The summed E-state index contributed by atoms with van der Waals surface area (Å²) in [6.45, 7) is 0. The maximum absolute atomic E-state index is 5.14. The Labute approximate surface area is 75.7 Å². The normalized spacial score (nSPS) is 9.45. The van der Waals surface area contributed by atoms with Crippen LogP contribution in [0.2, 0.25) is 0 Å². The molecule has 0 bridgehead atoms. The Morgan fingerprint density at radius 2 is 1.91 bits per heavy atom. The van der Waals surface area contributed by atoms with Gasteiger partial charge in [-0.1, -0.05) is 0 Å². The van der Waals surface area contributed by atoms with Crippen LogP contribution >= 0.6 is 0 Å². The predicted octanol–water partition coefficient (Wildman–Crippen LogP) is 0.498. The molecule has 54 valence electrons. The topological polar surface area (TPSA) is 18.5 Å². The molecule has 1 aromatic rings. The van der Waals surface area contributed by atoms with Gasteiger partial charge in [-0.05, 0) is 0 Å². The van der Waals surface area contributed by atoms with Crippen LogP contribution in [0.3, 0.4) is 0 Å². The second-order valence-electron chi connectivity index (χ2n) is 2.31. The third-order valence-electron chi connectivity index (χ3n) is 1.60. The van der Waals surface area contributed by atoms with Crippen LogP contribution in [0.4, 0.5) is 0 Å². The van der Waals surface area contributed by atoms with Gasteiger partial charge in [-0.15, -0.1) is 0 Å². The first kappa shape index (κ1) is 8.51. The molecule has 0 aliphatic heterocycles. The summed E-state index contributed by atoms with van der Waals surface area (Å²) in [5.74, 6) is 1.60. The van der Waals surface area contributed by atoms with Gasteiger partial charge in [-0.2, -0.15) is 0 Å². The molecule has 11 heavy (non-hydrogen) atoms. The number of hydrogen-bond donors (Lipinski definition) is 0. The van der Waals surface area contributed by atoms with Crippen LogP contribution in [0.15, 0.2) is 18.2 Å². The van der Waals surface area contributed by atoms with Crippen molar-refractivity contribution in [2.45, 2.75) is 0 Å². The van der Waals surface area contributed by atoms with E-state index in [0.29, 0.717) is 0 Å². The molecular weight excluding hydrogens is 135 g/mol. The molecule has 0 aromatic heterocycles. The molecule has 0 radical (unpaired) electrons. The van der Waals surface area contributed by atoms with Gasteiger partial charge in [0.05, 0.1) is 0 Å². The summed E-state index contributed by atoms with van der Waals surface area (Å²) in [5, 5.41) is 0. The van der Waals surface area contributed by atoms with Crippen LogP contribution in [0, 0.1) is 0 Å². The summed E-state index contributed by atoms with van der Waals surface area (Å²) in [6.07, 6.45) is 0. The molecule has 1 rings (SSSR count). The zero-order valence-corrected chi connectivity index (χ0v) is 7.05. The number of ether oxygens (including phenoxy) is 2. The van der Waals surface area contributed by atoms with Crippen molar-refractivity contribution in [2.75, 3.05) is 14.2 Å². The molecule has 2 nitrogen and oxygen atoms in total. The van der Waals surface area contributed by atoms with Gasteiger partial charge in [0.25, 0.3) is 0 Å². The summed E-state index contributed by atoms with van der Waals surface area (Å²) < 4.78 is 11.3. The van der Waals surface area contributed by atoms with Crippen LogP contribution in [0.1, 0.15) is 0 Å². The Hall–Kier alpha value is -0.583. The molecule has 0 unspecified atom stereocenters. The quantitative estimate of drug-likeness (QED) is 0.562. The number of para-hydroxylation sites is 1. The van der Waals surface area contributed by atoms with Crippen LogP contribution in [0.25, 0.3) is 0 Å². The van der Waals surface area contributed by atoms with Crippen LogP contribution in [-0.2, 0) is 0 Å². The van der Waals surface area contributed by atoms with Crippen LogP contribution in [-0.4, -0.2) is 31.9 Å². The first-order valence-electron chi connectivity index (χ1n) is 3.47. The molecule has 0 heterocycles. The van der Waals surface area contributed by atoms with E-state index in [1.807, 2.05) is 35.9 Å². The van der Waals surface area contributed by atoms with Gasteiger partial charge in [-0.3, -0.25) is 0 Å². The van der Waals surface area contributed by atoms with Crippen molar-refractivity contribution in [3.8, 4) is 11.5 Å². The van der Waals surface area contributed by atoms with E-state index in [-0.39, 0.29) is 0 Å². The Balaban J connectivity index is 3.13. The van der Waals surface area contributed by atoms with Crippen molar-refractivity contribution in [1.82, 2.24) is 0 Å². The minimum absolute atomic E-state index is 0.785. The second-order valence-corrected chi connectivity index (χ2v) is 2.31. The fourth-order valence-corrected chi connectivity index (χ4v) is 1.05. The Bertz CT molecular complexity index is 248. The predicted molar refractivity (Wildman–Crippen MR) is 44.9 cm³/mol. The van der Waals surface area contributed by atoms with E-state index in [0.717, 1.165) is 15.7 Å². The Morgan fingerprint density at radius 1 is 1.18 bits per heavy atom. The number of methoxy groups -OCH3 is 2. The summed E-state index contributed by atoms with van der Waals surface area (Å²) >= 11 is 1.99. The summed E-state index contributed by atoms with van der Waals surface area (Å²) in [5.41, 5.74) is 0. The van der Waals surface area contributed by atoms with Gasteiger partial charge < -0.3 is 0 Å². The SMILES string of the molecule is [Li][c]1cccc(OC)c1OC.